The minimum absolute atomic E-state index is 0.00956. The molecular weight excluding hydrogens is 262 g/mol. The Morgan fingerprint density at radius 3 is 2.47 bits per heavy atom. The van der Waals surface area contributed by atoms with Gasteiger partial charge >= 0.3 is 0 Å². The van der Waals surface area contributed by atoms with Crippen molar-refractivity contribution in [2.24, 2.45) is 0 Å². The highest BCUT2D eigenvalue weighted by atomic mass is 32.2. The largest absolute Gasteiger partial charge is 0.310 e. The van der Waals surface area contributed by atoms with E-state index in [4.69, 9.17) is 0 Å². The number of piperidine rings is 2. The number of rotatable bonds is 3. The van der Waals surface area contributed by atoms with Crippen LogP contribution in [-0.4, -0.2) is 43.4 Å². The van der Waals surface area contributed by atoms with Gasteiger partial charge < -0.3 is 5.32 Å². The maximum Gasteiger partial charge on any atom is 0.279 e. The molecule has 2 heterocycles. The van der Waals surface area contributed by atoms with Crippen molar-refractivity contribution in [3.63, 3.8) is 0 Å². The minimum atomic E-state index is -3.34. The Labute approximate surface area is 117 Å². The molecule has 2 aliphatic heterocycles. The van der Waals surface area contributed by atoms with E-state index < -0.39 is 10.2 Å². The van der Waals surface area contributed by atoms with Crippen LogP contribution in [0.4, 0.5) is 0 Å². The molecule has 112 valence electrons. The van der Waals surface area contributed by atoms with E-state index in [2.05, 4.69) is 23.9 Å². The van der Waals surface area contributed by atoms with Crippen molar-refractivity contribution in [1.82, 2.24) is 14.3 Å². The zero-order valence-electron chi connectivity index (χ0n) is 12.2. The molecule has 0 aromatic carbocycles. The summed E-state index contributed by atoms with van der Waals surface area (Å²) in [7, 11) is -3.34. The minimum Gasteiger partial charge on any atom is -0.310 e. The Bertz CT molecular complexity index is 399. The van der Waals surface area contributed by atoms with E-state index in [9.17, 15) is 8.42 Å². The van der Waals surface area contributed by atoms with Crippen LogP contribution in [0.5, 0.6) is 0 Å². The molecule has 2 N–H and O–H groups in total. The smallest absolute Gasteiger partial charge is 0.279 e. The summed E-state index contributed by atoms with van der Waals surface area (Å²) in [6, 6.07) is 0.802. The van der Waals surface area contributed by atoms with Gasteiger partial charge in [0.25, 0.3) is 10.2 Å². The molecule has 2 aliphatic rings. The molecule has 0 saturated carbocycles. The zero-order valence-corrected chi connectivity index (χ0v) is 13.0. The third-order valence-corrected chi connectivity index (χ3v) is 6.17. The van der Waals surface area contributed by atoms with Crippen molar-refractivity contribution in [3.8, 4) is 0 Å². The van der Waals surface area contributed by atoms with Gasteiger partial charge in [0.05, 0.1) is 0 Å². The first-order chi connectivity index (χ1) is 8.90. The second-order valence-corrected chi connectivity index (χ2v) is 7.77. The fourth-order valence-corrected chi connectivity index (χ4v) is 4.97. The molecular formula is C13H27N3O2S. The van der Waals surface area contributed by atoms with Crippen LogP contribution in [0.2, 0.25) is 0 Å². The molecule has 2 rings (SSSR count). The molecule has 19 heavy (non-hydrogen) atoms. The van der Waals surface area contributed by atoms with E-state index in [1.165, 1.54) is 0 Å². The van der Waals surface area contributed by atoms with E-state index in [1.807, 2.05) is 6.92 Å². The molecule has 2 saturated heterocycles. The summed E-state index contributed by atoms with van der Waals surface area (Å²) < 4.78 is 29.5. The lowest BCUT2D eigenvalue weighted by Crippen LogP contribution is -2.58. The Hall–Kier alpha value is -0.170. The van der Waals surface area contributed by atoms with Crippen LogP contribution in [0.15, 0.2) is 0 Å². The van der Waals surface area contributed by atoms with Gasteiger partial charge in [-0.2, -0.15) is 17.4 Å². The average molecular weight is 289 g/mol. The van der Waals surface area contributed by atoms with Gasteiger partial charge in [0.15, 0.2) is 0 Å². The monoisotopic (exact) mass is 289 g/mol. The van der Waals surface area contributed by atoms with Crippen molar-refractivity contribution in [3.05, 3.63) is 0 Å². The first-order valence-electron chi connectivity index (χ1n) is 7.45. The highest BCUT2D eigenvalue weighted by Gasteiger charge is 2.34. The van der Waals surface area contributed by atoms with Crippen molar-refractivity contribution in [2.45, 2.75) is 77.0 Å². The number of hydrogen-bond donors (Lipinski definition) is 2. The third-order valence-electron chi connectivity index (χ3n) is 4.41. The highest BCUT2D eigenvalue weighted by Crippen LogP contribution is 2.21. The summed E-state index contributed by atoms with van der Waals surface area (Å²) in [5, 5.41) is 3.42. The third kappa shape index (κ3) is 3.68. The molecule has 0 aliphatic carbocycles. The number of hydrogen-bond acceptors (Lipinski definition) is 3. The normalized spacial score (nSPS) is 38.3. The van der Waals surface area contributed by atoms with E-state index in [0.717, 1.165) is 32.1 Å². The van der Waals surface area contributed by atoms with Gasteiger partial charge in [-0.15, -0.1) is 0 Å². The van der Waals surface area contributed by atoms with Crippen molar-refractivity contribution in [1.29, 1.82) is 0 Å². The zero-order chi connectivity index (χ0) is 14.0. The number of nitrogens with one attached hydrogen (secondary N) is 2. The van der Waals surface area contributed by atoms with Gasteiger partial charge in [0, 0.05) is 30.7 Å². The van der Waals surface area contributed by atoms with Crippen LogP contribution in [0, 0.1) is 0 Å². The molecule has 0 aromatic rings. The molecule has 0 radical (unpaired) electrons. The first kappa shape index (κ1) is 15.2. The second-order valence-electron chi connectivity index (χ2n) is 6.12. The van der Waals surface area contributed by atoms with E-state index in [1.54, 1.807) is 4.31 Å². The Kier molecular flexibility index (Phi) is 4.87. The Balaban J connectivity index is 2.00. The quantitative estimate of drug-likeness (QED) is 0.821. The number of nitrogens with zero attached hydrogens (tertiary/aromatic N) is 1. The molecule has 0 aromatic heterocycles. The van der Waals surface area contributed by atoms with E-state index in [0.29, 0.717) is 12.6 Å². The average Bonchev–Trinajstić information content (AvgIpc) is 2.33. The van der Waals surface area contributed by atoms with Crippen LogP contribution >= 0.6 is 0 Å². The van der Waals surface area contributed by atoms with Crippen LogP contribution in [0.1, 0.15) is 52.9 Å². The lowest BCUT2D eigenvalue weighted by molar-refractivity contribution is 0.252. The van der Waals surface area contributed by atoms with Gasteiger partial charge in [-0.3, -0.25) is 0 Å². The molecule has 0 amide bonds. The topological polar surface area (TPSA) is 61.4 Å². The molecule has 6 heteroatoms. The van der Waals surface area contributed by atoms with Crippen LogP contribution in [-0.2, 0) is 10.2 Å². The second kappa shape index (κ2) is 6.08. The van der Waals surface area contributed by atoms with Gasteiger partial charge in [0.2, 0.25) is 0 Å². The summed E-state index contributed by atoms with van der Waals surface area (Å²) >= 11 is 0. The van der Waals surface area contributed by atoms with Crippen molar-refractivity contribution < 1.29 is 8.42 Å². The lowest BCUT2D eigenvalue weighted by atomic mass is 9.96. The van der Waals surface area contributed by atoms with Gasteiger partial charge in [0.1, 0.15) is 0 Å². The SMILES string of the molecule is CC1CCC(NS(=O)(=O)N2CCCCC2C)C(C)N1. The van der Waals surface area contributed by atoms with Gasteiger partial charge in [-0.25, -0.2) is 0 Å². The van der Waals surface area contributed by atoms with Gasteiger partial charge in [-0.05, 0) is 46.5 Å². The Morgan fingerprint density at radius 2 is 1.84 bits per heavy atom. The molecule has 0 spiro atoms. The molecule has 4 atom stereocenters. The predicted molar refractivity (Wildman–Crippen MR) is 77.2 cm³/mol. The summed E-state index contributed by atoms with van der Waals surface area (Å²) in [5.74, 6) is 0. The summed E-state index contributed by atoms with van der Waals surface area (Å²) in [4.78, 5) is 0. The summed E-state index contributed by atoms with van der Waals surface area (Å²) in [6.07, 6.45) is 5.01. The summed E-state index contributed by atoms with van der Waals surface area (Å²) in [6.45, 7) is 6.86. The van der Waals surface area contributed by atoms with Crippen LogP contribution in [0.3, 0.4) is 0 Å². The fraction of sp³-hybridized carbons (Fsp3) is 1.00. The summed E-state index contributed by atoms with van der Waals surface area (Å²) in [5.41, 5.74) is 0. The molecule has 0 bridgehead atoms. The first-order valence-corrected chi connectivity index (χ1v) is 8.89. The van der Waals surface area contributed by atoms with E-state index in [-0.39, 0.29) is 18.1 Å². The highest BCUT2D eigenvalue weighted by molar-refractivity contribution is 7.87. The maximum absolute atomic E-state index is 12.5. The van der Waals surface area contributed by atoms with Crippen LogP contribution in [0.25, 0.3) is 0 Å². The van der Waals surface area contributed by atoms with Crippen molar-refractivity contribution in [2.75, 3.05) is 6.54 Å². The van der Waals surface area contributed by atoms with Crippen LogP contribution < -0.4 is 10.0 Å². The molecule has 5 nitrogen and oxygen atoms in total. The van der Waals surface area contributed by atoms with Gasteiger partial charge in [-0.1, -0.05) is 6.42 Å². The van der Waals surface area contributed by atoms with E-state index >= 15 is 0 Å². The Morgan fingerprint density at radius 1 is 1.11 bits per heavy atom. The standard InChI is InChI=1S/C13H27N3O2S/c1-10-7-8-13(12(3)14-10)15-19(17,18)16-9-5-4-6-11(16)2/h10-15H,4-9H2,1-3H3. The lowest BCUT2D eigenvalue weighted by Gasteiger charge is -2.38. The van der Waals surface area contributed by atoms with Crippen molar-refractivity contribution >= 4 is 10.2 Å². The molecule has 2 fully saturated rings. The fourth-order valence-electron chi connectivity index (χ4n) is 3.18. The molecule has 4 unspecified atom stereocenters. The maximum atomic E-state index is 12.5. The predicted octanol–water partition coefficient (Wildman–Crippen LogP) is 1.22.